The zero-order chi connectivity index (χ0) is 13.4. The Kier molecular flexibility index (Phi) is 6.07. The average Bonchev–Trinajstić information content (AvgIpc) is 2.33. The second-order valence-corrected chi connectivity index (χ2v) is 4.62. The Morgan fingerprint density at radius 2 is 2.00 bits per heavy atom. The number of aliphatic carboxylic acids is 1. The van der Waals surface area contributed by atoms with Crippen LogP contribution >= 0.6 is 11.8 Å². The van der Waals surface area contributed by atoms with Crippen molar-refractivity contribution in [3.8, 4) is 5.75 Å². The summed E-state index contributed by atoms with van der Waals surface area (Å²) in [5.74, 6) is -0.687. The Morgan fingerprint density at radius 3 is 2.67 bits per heavy atom. The van der Waals surface area contributed by atoms with Crippen molar-refractivity contribution in [2.24, 2.45) is 0 Å². The summed E-state index contributed by atoms with van der Waals surface area (Å²) in [7, 11) is 0. The summed E-state index contributed by atoms with van der Waals surface area (Å²) in [6, 6.07) is 6.79. The van der Waals surface area contributed by atoms with Gasteiger partial charge in [0, 0.05) is 17.9 Å². The molecule has 0 spiro atoms. The molecule has 5 nitrogen and oxygen atoms in total. The van der Waals surface area contributed by atoms with Crippen molar-refractivity contribution < 1.29 is 19.8 Å². The van der Waals surface area contributed by atoms with E-state index in [0.29, 0.717) is 17.9 Å². The molecule has 0 heterocycles. The molecule has 0 fully saturated rings. The van der Waals surface area contributed by atoms with Gasteiger partial charge in [0.05, 0.1) is 5.75 Å². The van der Waals surface area contributed by atoms with Gasteiger partial charge in [-0.25, -0.2) is 0 Å². The molecule has 1 rings (SSSR count). The Bertz CT molecular complexity index is 422. The minimum Gasteiger partial charge on any atom is -0.507 e. The maximum atomic E-state index is 11.4. The first-order valence-corrected chi connectivity index (χ1v) is 6.47. The number of nitrogens with one attached hydrogen (secondary N) is 1. The van der Waals surface area contributed by atoms with Crippen molar-refractivity contribution in [3.63, 3.8) is 0 Å². The molecule has 1 aromatic carbocycles. The van der Waals surface area contributed by atoms with E-state index in [1.165, 1.54) is 11.8 Å². The Labute approximate surface area is 109 Å². The van der Waals surface area contributed by atoms with Crippen LogP contribution in [0.4, 0.5) is 0 Å². The van der Waals surface area contributed by atoms with Gasteiger partial charge in [0.2, 0.25) is 5.91 Å². The highest BCUT2D eigenvalue weighted by molar-refractivity contribution is 8.00. The van der Waals surface area contributed by atoms with Crippen LogP contribution in [0.1, 0.15) is 12.8 Å². The molecule has 0 radical (unpaired) electrons. The summed E-state index contributed by atoms with van der Waals surface area (Å²) in [4.78, 5) is 22.3. The fourth-order valence-electron chi connectivity index (χ4n) is 1.24. The van der Waals surface area contributed by atoms with Crippen molar-refractivity contribution in [2.45, 2.75) is 17.7 Å². The molecule has 0 aromatic heterocycles. The molecule has 0 bridgehead atoms. The molecular formula is C12H15NO4S. The molecular weight excluding hydrogens is 254 g/mol. The van der Waals surface area contributed by atoms with Gasteiger partial charge in [-0.2, -0.15) is 0 Å². The first-order chi connectivity index (χ1) is 8.59. The van der Waals surface area contributed by atoms with Crippen LogP contribution in [0.5, 0.6) is 5.75 Å². The molecule has 1 aromatic rings. The van der Waals surface area contributed by atoms with Gasteiger partial charge >= 0.3 is 5.97 Å². The highest BCUT2D eigenvalue weighted by atomic mass is 32.2. The fourth-order valence-corrected chi connectivity index (χ4v) is 2.02. The molecule has 3 N–H and O–H groups in total. The number of rotatable bonds is 7. The van der Waals surface area contributed by atoms with E-state index in [1.807, 2.05) is 0 Å². The van der Waals surface area contributed by atoms with E-state index < -0.39 is 5.97 Å². The SMILES string of the molecule is O=C(O)CCCNC(=O)CSc1ccccc1O. The number of para-hydroxylation sites is 1. The minimum atomic E-state index is -0.868. The lowest BCUT2D eigenvalue weighted by molar-refractivity contribution is -0.137. The summed E-state index contributed by atoms with van der Waals surface area (Å²) >= 11 is 1.24. The van der Waals surface area contributed by atoms with Crippen molar-refractivity contribution >= 4 is 23.6 Å². The predicted molar refractivity (Wildman–Crippen MR) is 68.7 cm³/mol. The largest absolute Gasteiger partial charge is 0.507 e. The van der Waals surface area contributed by atoms with Crippen LogP contribution in [0.3, 0.4) is 0 Å². The summed E-state index contributed by atoms with van der Waals surface area (Å²) in [5, 5.41) is 20.5. The standard InChI is InChI=1S/C12H15NO4S/c14-9-4-1-2-5-10(9)18-8-11(15)13-7-3-6-12(16)17/h1-2,4-5,14H,3,6-8H2,(H,13,15)(H,16,17). The van der Waals surface area contributed by atoms with Gasteiger partial charge in [-0.05, 0) is 18.6 Å². The van der Waals surface area contributed by atoms with Gasteiger partial charge in [-0.15, -0.1) is 11.8 Å². The Morgan fingerprint density at radius 1 is 1.28 bits per heavy atom. The number of carbonyl (C=O) groups is 2. The number of carboxylic acid groups (broad SMARTS) is 1. The van der Waals surface area contributed by atoms with Crippen LogP contribution in [0.2, 0.25) is 0 Å². The number of thioether (sulfide) groups is 1. The van der Waals surface area contributed by atoms with Gasteiger partial charge in [0.15, 0.2) is 0 Å². The first-order valence-electron chi connectivity index (χ1n) is 5.49. The van der Waals surface area contributed by atoms with E-state index in [9.17, 15) is 14.7 Å². The van der Waals surface area contributed by atoms with Gasteiger partial charge in [-0.3, -0.25) is 9.59 Å². The van der Waals surface area contributed by atoms with Gasteiger partial charge in [0.25, 0.3) is 0 Å². The van der Waals surface area contributed by atoms with Crippen LogP contribution in [0, 0.1) is 0 Å². The van der Waals surface area contributed by atoms with Gasteiger partial charge < -0.3 is 15.5 Å². The first kappa shape index (κ1) is 14.4. The quantitative estimate of drug-likeness (QED) is 0.515. The lowest BCUT2D eigenvalue weighted by Crippen LogP contribution is -2.26. The summed E-state index contributed by atoms with van der Waals surface area (Å²) < 4.78 is 0. The third-order valence-electron chi connectivity index (χ3n) is 2.11. The molecule has 1 amide bonds. The van der Waals surface area contributed by atoms with E-state index >= 15 is 0 Å². The molecule has 0 unspecified atom stereocenters. The summed E-state index contributed by atoms with van der Waals surface area (Å²) in [5.41, 5.74) is 0. The molecule has 6 heteroatoms. The van der Waals surface area contributed by atoms with Crippen LogP contribution < -0.4 is 5.32 Å². The lowest BCUT2D eigenvalue weighted by atomic mass is 10.3. The van der Waals surface area contributed by atoms with Crippen molar-refractivity contribution in [2.75, 3.05) is 12.3 Å². The molecule has 0 aliphatic heterocycles. The van der Waals surface area contributed by atoms with Crippen molar-refractivity contribution in [1.29, 1.82) is 0 Å². The summed E-state index contributed by atoms with van der Waals surface area (Å²) in [6.07, 6.45) is 0.467. The van der Waals surface area contributed by atoms with E-state index in [2.05, 4.69) is 5.32 Å². The van der Waals surface area contributed by atoms with Gasteiger partial charge in [-0.1, -0.05) is 12.1 Å². The molecule has 0 saturated carbocycles. The average molecular weight is 269 g/mol. The minimum absolute atomic E-state index is 0.0485. The zero-order valence-electron chi connectivity index (χ0n) is 9.76. The third-order valence-corrected chi connectivity index (χ3v) is 3.18. The molecule has 0 aliphatic carbocycles. The smallest absolute Gasteiger partial charge is 0.303 e. The lowest BCUT2D eigenvalue weighted by Gasteiger charge is -2.05. The number of phenols is 1. The highest BCUT2D eigenvalue weighted by Crippen LogP contribution is 2.27. The van der Waals surface area contributed by atoms with Crippen LogP contribution in [-0.2, 0) is 9.59 Å². The van der Waals surface area contributed by atoms with E-state index in [4.69, 9.17) is 5.11 Å². The maximum absolute atomic E-state index is 11.4. The van der Waals surface area contributed by atoms with Crippen molar-refractivity contribution in [3.05, 3.63) is 24.3 Å². The van der Waals surface area contributed by atoms with E-state index in [0.717, 1.165) is 0 Å². The normalized spacial score (nSPS) is 10.0. The molecule has 98 valence electrons. The highest BCUT2D eigenvalue weighted by Gasteiger charge is 2.05. The van der Waals surface area contributed by atoms with E-state index in [1.54, 1.807) is 24.3 Å². The number of hydrogen-bond donors (Lipinski definition) is 3. The van der Waals surface area contributed by atoms with Crippen molar-refractivity contribution in [1.82, 2.24) is 5.32 Å². The fraction of sp³-hybridized carbons (Fsp3) is 0.333. The Balaban J connectivity index is 2.21. The number of carboxylic acids is 1. The van der Waals surface area contributed by atoms with Crippen LogP contribution in [0.25, 0.3) is 0 Å². The monoisotopic (exact) mass is 269 g/mol. The number of carbonyl (C=O) groups excluding carboxylic acids is 1. The number of amides is 1. The number of phenolic OH excluding ortho intramolecular Hbond substituents is 1. The molecule has 18 heavy (non-hydrogen) atoms. The molecule has 0 aliphatic rings. The third kappa shape index (κ3) is 5.58. The number of hydrogen-bond acceptors (Lipinski definition) is 4. The summed E-state index contributed by atoms with van der Waals surface area (Å²) in [6.45, 7) is 0.354. The second kappa shape index (κ2) is 7.60. The predicted octanol–water partition coefficient (Wildman–Crippen LogP) is 1.47. The molecule has 0 saturated heterocycles. The second-order valence-electron chi connectivity index (χ2n) is 3.60. The Hall–Kier alpha value is -1.69. The van der Waals surface area contributed by atoms with Gasteiger partial charge in [0.1, 0.15) is 5.75 Å². The topological polar surface area (TPSA) is 86.6 Å². The number of benzene rings is 1. The maximum Gasteiger partial charge on any atom is 0.303 e. The van der Waals surface area contributed by atoms with E-state index in [-0.39, 0.29) is 23.8 Å². The van der Waals surface area contributed by atoms with Crippen LogP contribution in [-0.4, -0.2) is 34.4 Å². The zero-order valence-corrected chi connectivity index (χ0v) is 10.6. The molecule has 0 atom stereocenters. The van der Waals surface area contributed by atoms with Crippen LogP contribution in [0.15, 0.2) is 29.2 Å². The number of aromatic hydroxyl groups is 1.